The number of rotatable bonds is 7. The minimum atomic E-state index is -0.258. The quantitative estimate of drug-likeness (QED) is 0.805. The second-order valence-electron chi connectivity index (χ2n) is 6.83. The molecule has 1 aromatic carbocycles. The van der Waals surface area contributed by atoms with Crippen LogP contribution in [0, 0.1) is 11.7 Å². The number of likely N-dealkylation sites (tertiary alicyclic amines) is 1. The van der Waals surface area contributed by atoms with Gasteiger partial charge in [-0.1, -0.05) is 12.1 Å². The van der Waals surface area contributed by atoms with Gasteiger partial charge in [0.15, 0.2) is 0 Å². The molecule has 4 nitrogen and oxygen atoms in total. The molecule has 24 heavy (non-hydrogen) atoms. The lowest BCUT2D eigenvalue weighted by Gasteiger charge is -2.35. The van der Waals surface area contributed by atoms with Gasteiger partial charge in [0.2, 0.25) is 5.91 Å². The second kappa shape index (κ2) is 9.14. The van der Waals surface area contributed by atoms with Crippen molar-refractivity contribution in [2.45, 2.75) is 45.2 Å². The molecule has 0 spiro atoms. The molecular formula is C19H30FN3O. The summed E-state index contributed by atoms with van der Waals surface area (Å²) in [6.45, 7) is 6.93. The lowest BCUT2D eigenvalue weighted by Crippen LogP contribution is -2.48. The Balaban J connectivity index is 1.81. The Bertz CT molecular complexity index is 512. The minimum absolute atomic E-state index is 0.0421. The second-order valence-corrected chi connectivity index (χ2v) is 6.83. The molecule has 1 fully saturated rings. The molecular weight excluding hydrogens is 305 g/mol. The highest BCUT2D eigenvalue weighted by Crippen LogP contribution is 2.22. The van der Waals surface area contributed by atoms with E-state index in [0.717, 1.165) is 44.0 Å². The molecule has 1 heterocycles. The molecule has 0 aliphatic carbocycles. The van der Waals surface area contributed by atoms with E-state index in [1.807, 2.05) is 20.9 Å². The average Bonchev–Trinajstić information content (AvgIpc) is 2.60. The number of carbonyl (C=O) groups excluding carboxylic acids is 1. The molecule has 2 unspecified atom stereocenters. The van der Waals surface area contributed by atoms with E-state index >= 15 is 0 Å². The maximum atomic E-state index is 13.0. The summed E-state index contributed by atoms with van der Waals surface area (Å²) in [7, 11) is 1.99. The van der Waals surface area contributed by atoms with Gasteiger partial charge in [-0.25, -0.2) is 4.39 Å². The first kappa shape index (κ1) is 18.9. The van der Waals surface area contributed by atoms with Crippen molar-refractivity contribution >= 4 is 5.91 Å². The number of nitrogens with zero attached hydrogens (tertiary/aromatic N) is 1. The molecule has 1 saturated heterocycles. The monoisotopic (exact) mass is 335 g/mol. The summed E-state index contributed by atoms with van der Waals surface area (Å²) in [5, 5.41) is 6.25. The fourth-order valence-electron chi connectivity index (χ4n) is 3.31. The van der Waals surface area contributed by atoms with Gasteiger partial charge < -0.3 is 10.6 Å². The van der Waals surface area contributed by atoms with Crippen LogP contribution < -0.4 is 10.6 Å². The fourth-order valence-corrected chi connectivity index (χ4v) is 3.31. The van der Waals surface area contributed by atoms with E-state index in [9.17, 15) is 9.18 Å². The topological polar surface area (TPSA) is 44.4 Å². The van der Waals surface area contributed by atoms with Crippen molar-refractivity contribution in [1.82, 2.24) is 15.5 Å². The third-order valence-electron chi connectivity index (χ3n) is 5.11. The Morgan fingerprint density at radius 3 is 2.46 bits per heavy atom. The normalized spacial score (nSPS) is 19.0. The molecule has 5 heteroatoms. The van der Waals surface area contributed by atoms with Crippen LogP contribution in [0.15, 0.2) is 24.3 Å². The van der Waals surface area contributed by atoms with E-state index in [-0.39, 0.29) is 23.8 Å². The molecule has 0 aromatic heterocycles. The van der Waals surface area contributed by atoms with Gasteiger partial charge in [-0.3, -0.25) is 9.69 Å². The number of benzene rings is 1. The highest BCUT2D eigenvalue weighted by Gasteiger charge is 2.27. The average molecular weight is 335 g/mol. The summed E-state index contributed by atoms with van der Waals surface area (Å²) < 4.78 is 13.0. The molecule has 2 rings (SSSR count). The SMILES string of the molecule is CNCCC1CCN(C(C)C(=O)NC(C)c2ccc(F)cc2)CC1. The number of hydrogen-bond donors (Lipinski definition) is 2. The van der Waals surface area contributed by atoms with Crippen LogP contribution in [0.5, 0.6) is 0 Å². The number of nitrogens with one attached hydrogen (secondary N) is 2. The van der Waals surface area contributed by atoms with Crippen molar-refractivity contribution in [2.24, 2.45) is 5.92 Å². The Morgan fingerprint density at radius 1 is 1.25 bits per heavy atom. The van der Waals surface area contributed by atoms with Crippen molar-refractivity contribution in [2.75, 3.05) is 26.7 Å². The van der Waals surface area contributed by atoms with Gasteiger partial charge in [0.25, 0.3) is 0 Å². The van der Waals surface area contributed by atoms with Gasteiger partial charge >= 0.3 is 0 Å². The van der Waals surface area contributed by atoms with Crippen molar-refractivity contribution in [1.29, 1.82) is 0 Å². The first-order valence-corrected chi connectivity index (χ1v) is 8.95. The molecule has 0 saturated carbocycles. The fraction of sp³-hybridized carbons (Fsp3) is 0.632. The molecule has 1 aromatic rings. The zero-order valence-corrected chi connectivity index (χ0v) is 15.0. The van der Waals surface area contributed by atoms with Gasteiger partial charge in [0, 0.05) is 0 Å². The van der Waals surface area contributed by atoms with E-state index in [1.54, 1.807) is 12.1 Å². The van der Waals surface area contributed by atoms with Gasteiger partial charge in [-0.05, 0) is 83.4 Å². The van der Waals surface area contributed by atoms with Crippen LogP contribution in [0.25, 0.3) is 0 Å². The molecule has 134 valence electrons. The van der Waals surface area contributed by atoms with E-state index in [0.29, 0.717) is 0 Å². The predicted octanol–water partition coefficient (Wildman–Crippen LogP) is 2.71. The van der Waals surface area contributed by atoms with E-state index < -0.39 is 0 Å². The molecule has 1 aliphatic rings. The van der Waals surface area contributed by atoms with E-state index in [1.165, 1.54) is 18.6 Å². The van der Waals surface area contributed by atoms with Crippen LogP contribution in [0.2, 0.25) is 0 Å². The number of hydrogen-bond acceptors (Lipinski definition) is 3. The van der Waals surface area contributed by atoms with Crippen LogP contribution in [-0.4, -0.2) is 43.5 Å². The summed E-state index contributed by atoms with van der Waals surface area (Å²) in [5.41, 5.74) is 0.919. The molecule has 1 amide bonds. The summed E-state index contributed by atoms with van der Waals surface area (Å²) >= 11 is 0. The van der Waals surface area contributed by atoms with Crippen LogP contribution >= 0.6 is 0 Å². The van der Waals surface area contributed by atoms with Gasteiger partial charge in [0.1, 0.15) is 5.82 Å². The number of halogens is 1. The lowest BCUT2D eigenvalue weighted by atomic mass is 9.92. The van der Waals surface area contributed by atoms with Crippen molar-refractivity contribution < 1.29 is 9.18 Å². The Hall–Kier alpha value is -1.46. The third-order valence-corrected chi connectivity index (χ3v) is 5.11. The van der Waals surface area contributed by atoms with Gasteiger partial charge in [-0.2, -0.15) is 0 Å². The van der Waals surface area contributed by atoms with Gasteiger partial charge in [0.05, 0.1) is 12.1 Å². The Labute approximate surface area is 144 Å². The molecule has 2 N–H and O–H groups in total. The Kier molecular flexibility index (Phi) is 7.18. The van der Waals surface area contributed by atoms with E-state index in [4.69, 9.17) is 0 Å². The first-order chi connectivity index (χ1) is 11.5. The van der Waals surface area contributed by atoms with Crippen LogP contribution in [0.1, 0.15) is 44.7 Å². The standard InChI is InChI=1S/C19H30FN3O/c1-14(17-4-6-18(20)7-5-17)22-19(24)15(2)23-12-9-16(10-13-23)8-11-21-3/h4-7,14-16,21H,8-13H2,1-3H3,(H,22,24). The van der Waals surface area contributed by atoms with Crippen LogP contribution in [0.3, 0.4) is 0 Å². The largest absolute Gasteiger partial charge is 0.348 e. The van der Waals surface area contributed by atoms with Crippen LogP contribution in [0.4, 0.5) is 4.39 Å². The van der Waals surface area contributed by atoms with Crippen molar-refractivity contribution in [3.05, 3.63) is 35.6 Å². The maximum Gasteiger partial charge on any atom is 0.237 e. The maximum absolute atomic E-state index is 13.0. The first-order valence-electron chi connectivity index (χ1n) is 8.95. The molecule has 0 bridgehead atoms. The lowest BCUT2D eigenvalue weighted by molar-refractivity contribution is -0.127. The van der Waals surface area contributed by atoms with E-state index in [2.05, 4.69) is 15.5 Å². The number of amides is 1. The third kappa shape index (κ3) is 5.28. The highest BCUT2D eigenvalue weighted by atomic mass is 19.1. The molecule has 1 aliphatic heterocycles. The predicted molar refractivity (Wildman–Crippen MR) is 95.3 cm³/mol. The smallest absolute Gasteiger partial charge is 0.237 e. The van der Waals surface area contributed by atoms with Crippen LogP contribution in [-0.2, 0) is 4.79 Å². The van der Waals surface area contributed by atoms with Crippen molar-refractivity contribution in [3.8, 4) is 0 Å². The summed E-state index contributed by atoms with van der Waals surface area (Å²) in [6, 6.07) is 6.05. The molecule has 0 radical (unpaired) electrons. The summed E-state index contributed by atoms with van der Waals surface area (Å²) in [5.74, 6) is 0.550. The summed E-state index contributed by atoms with van der Waals surface area (Å²) in [4.78, 5) is 14.8. The zero-order valence-electron chi connectivity index (χ0n) is 15.0. The minimum Gasteiger partial charge on any atom is -0.348 e. The number of piperidine rings is 1. The molecule has 2 atom stereocenters. The zero-order chi connectivity index (χ0) is 17.5. The van der Waals surface area contributed by atoms with Crippen molar-refractivity contribution in [3.63, 3.8) is 0 Å². The van der Waals surface area contributed by atoms with Gasteiger partial charge in [-0.15, -0.1) is 0 Å². The summed E-state index contributed by atoms with van der Waals surface area (Å²) in [6.07, 6.45) is 3.53. The Morgan fingerprint density at radius 2 is 1.88 bits per heavy atom. The number of carbonyl (C=O) groups is 1. The highest BCUT2D eigenvalue weighted by molar-refractivity contribution is 5.81.